The number of rotatable bonds is 4. The first-order valence-electron chi connectivity index (χ1n) is 8.02. The van der Waals surface area contributed by atoms with Gasteiger partial charge in [-0.2, -0.15) is 10.1 Å². The Morgan fingerprint density at radius 1 is 1.09 bits per heavy atom. The number of aromatic nitrogens is 3. The highest BCUT2D eigenvalue weighted by Gasteiger charge is 2.14. The first-order valence-corrected chi connectivity index (χ1v) is 8.02. The number of hydrogen-bond acceptors (Lipinski definition) is 5. The fraction of sp³-hybridized carbons (Fsp3) is 0.471. The van der Waals surface area contributed by atoms with Crippen LogP contribution in [-0.4, -0.2) is 21.2 Å². The smallest absolute Gasteiger partial charge is 0.244 e. The van der Waals surface area contributed by atoms with E-state index < -0.39 is 0 Å². The molecular formula is C17H23N5. The maximum Gasteiger partial charge on any atom is 0.244 e. The molecule has 0 aliphatic heterocycles. The zero-order chi connectivity index (χ0) is 15.4. The van der Waals surface area contributed by atoms with Crippen molar-refractivity contribution in [2.24, 2.45) is 0 Å². The molecular weight excluding hydrogens is 274 g/mol. The summed E-state index contributed by atoms with van der Waals surface area (Å²) in [6, 6.07) is 6.68. The Hall–Kier alpha value is -2.17. The minimum absolute atomic E-state index is 0.478. The van der Waals surface area contributed by atoms with Gasteiger partial charge in [0.05, 0.1) is 6.20 Å². The van der Waals surface area contributed by atoms with Gasteiger partial charge in [-0.15, -0.1) is 5.10 Å². The summed E-state index contributed by atoms with van der Waals surface area (Å²) >= 11 is 0. The van der Waals surface area contributed by atoms with Crippen molar-refractivity contribution in [3.63, 3.8) is 0 Å². The Morgan fingerprint density at radius 2 is 1.91 bits per heavy atom. The van der Waals surface area contributed by atoms with E-state index in [0.717, 1.165) is 11.5 Å². The summed E-state index contributed by atoms with van der Waals surface area (Å²) < 4.78 is 0. The Bertz CT molecular complexity index is 635. The molecule has 116 valence electrons. The fourth-order valence-electron chi connectivity index (χ4n) is 2.88. The molecule has 1 aromatic carbocycles. The molecule has 0 radical (unpaired) electrons. The van der Waals surface area contributed by atoms with Gasteiger partial charge in [0, 0.05) is 11.7 Å². The Labute approximate surface area is 131 Å². The summed E-state index contributed by atoms with van der Waals surface area (Å²) in [6.07, 6.45) is 7.95. The van der Waals surface area contributed by atoms with Crippen molar-refractivity contribution in [2.75, 3.05) is 10.6 Å². The molecule has 1 saturated carbocycles. The molecule has 0 bridgehead atoms. The summed E-state index contributed by atoms with van der Waals surface area (Å²) in [7, 11) is 0. The van der Waals surface area contributed by atoms with Crippen molar-refractivity contribution < 1.29 is 0 Å². The van der Waals surface area contributed by atoms with Gasteiger partial charge in [-0.05, 0) is 43.9 Å². The predicted molar refractivity (Wildman–Crippen MR) is 89.5 cm³/mol. The highest BCUT2D eigenvalue weighted by Crippen LogP contribution is 2.23. The van der Waals surface area contributed by atoms with Crippen LogP contribution in [0.2, 0.25) is 0 Å². The molecule has 1 aliphatic rings. The van der Waals surface area contributed by atoms with E-state index in [1.54, 1.807) is 6.20 Å². The third-order valence-corrected chi connectivity index (χ3v) is 4.36. The van der Waals surface area contributed by atoms with Gasteiger partial charge in [-0.1, -0.05) is 31.4 Å². The van der Waals surface area contributed by atoms with Crippen molar-refractivity contribution >= 4 is 17.5 Å². The van der Waals surface area contributed by atoms with Crippen LogP contribution < -0.4 is 10.6 Å². The molecule has 22 heavy (non-hydrogen) atoms. The molecule has 0 unspecified atom stereocenters. The second-order valence-corrected chi connectivity index (χ2v) is 6.02. The van der Waals surface area contributed by atoms with Crippen molar-refractivity contribution in [1.29, 1.82) is 0 Å². The third-order valence-electron chi connectivity index (χ3n) is 4.36. The quantitative estimate of drug-likeness (QED) is 0.894. The number of hydrogen-bond donors (Lipinski definition) is 2. The molecule has 2 N–H and O–H groups in total. The van der Waals surface area contributed by atoms with Gasteiger partial charge in [0.1, 0.15) is 0 Å². The number of aryl methyl sites for hydroxylation is 1. The predicted octanol–water partition coefficient (Wildman–Crippen LogP) is 3.98. The molecule has 0 amide bonds. The molecule has 1 aromatic heterocycles. The summed E-state index contributed by atoms with van der Waals surface area (Å²) in [6.45, 7) is 4.21. The van der Waals surface area contributed by atoms with Crippen molar-refractivity contribution in [2.45, 2.75) is 52.0 Å². The van der Waals surface area contributed by atoms with Crippen LogP contribution in [0.4, 0.5) is 17.5 Å². The lowest BCUT2D eigenvalue weighted by atomic mass is 9.96. The van der Waals surface area contributed by atoms with Crippen LogP contribution >= 0.6 is 0 Å². The lowest BCUT2D eigenvalue weighted by Crippen LogP contribution is -2.23. The Kier molecular flexibility index (Phi) is 4.51. The largest absolute Gasteiger partial charge is 0.350 e. The van der Waals surface area contributed by atoms with Crippen molar-refractivity contribution in [3.8, 4) is 0 Å². The van der Waals surface area contributed by atoms with E-state index in [2.05, 4.69) is 51.8 Å². The second kappa shape index (κ2) is 6.73. The second-order valence-electron chi connectivity index (χ2n) is 6.02. The van der Waals surface area contributed by atoms with Crippen LogP contribution in [0.5, 0.6) is 0 Å². The minimum Gasteiger partial charge on any atom is -0.350 e. The lowest BCUT2D eigenvalue weighted by molar-refractivity contribution is 0.460. The van der Waals surface area contributed by atoms with Gasteiger partial charge in [0.2, 0.25) is 5.95 Å². The maximum absolute atomic E-state index is 4.54. The highest BCUT2D eigenvalue weighted by molar-refractivity contribution is 5.61. The van der Waals surface area contributed by atoms with Gasteiger partial charge < -0.3 is 10.6 Å². The monoisotopic (exact) mass is 297 g/mol. The number of nitrogens with one attached hydrogen (secondary N) is 2. The molecule has 0 atom stereocenters. The van der Waals surface area contributed by atoms with Gasteiger partial charge >= 0.3 is 0 Å². The van der Waals surface area contributed by atoms with Gasteiger partial charge in [0.25, 0.3) is 0 Å². The average Bonchev–Trinajstić information content (AvgIpc) is 2.53. The van der Waals surface area contributed by atoms with E-state index in [-0.39, 0.29) is 0 Å². The normalized spacial score (nSPS) is 15.5. The van der Waals surface area contributed by atoms with E-state index in [4.69, 9.17) is 0 Å². The van der Waals surface area contributed by atoms with E-state index in [0.29, 0.717) is 12.0 Å². The summed E-state index contributed by atoms with van der Waals surface area (Å²) in [5.74, 6) is 1.34. The molecule has 2 aromatic rings. The maximum atomic E-state index is 4.54. The summed E-state index contributed by atoms with van der Waals surface area (Å²) in [4.78, 5) is 4.54. The highest BCUT2D eigenvalue weighted by atomic mass is 15.3. The standard InChI is InChI=1S/C17H23N5/c1-12-7-6-10-15(13(12)2)20-16-11-18-22-17(21-16)19-14-8-4-3-5-9-14/h6-7,10-11,14H,3-5,8-9H2,1-2H3,(H2,19,20,21,22). The van der Waals surface area contributed by atoms with Gasteiger partial charge in [0.15, 0.2) is 5.82 Å². The molecule has 0 spiro atoms. The Morgan fingerprint density at radius 3 is 2.73 bits per heavy atom. The average molecular weight is 297 g/mol. The van der Waals surface area contributed by atoms with Crippen molar-refractivity contribution in [3.05, 3.63) is 35.5 Å². The SMILES string of the molecule is Cc1cccc(Nc2cnnc(NC3CCCCC3)n2)c1C. The molecule has 1 heterocycles. The zero-order valence-corrected chi connectivity index (χ0v) is 13.3. The summed E-state index contributed by atoms with van der Waals surface area (Å²) in [5, 5.41) is 14.9. The number of benzene rings is 1. The zero-order valence-electron chi connectivity index (χ0n) is 13.3. The topological polar surface area (TPSA) is 62.7 Å². The van der Waals surface area contributed by atoms with E-state index in [9.17, 15) is 0 Å². The number of anilines is 3. The third kappa shape index (κ3) is 3.53. The molecule has 0 saturated heterocycles. The lowest BCUT2D eigenvalue weighted by Gasteiger charge is -2.22. The van der Waals surface area contributed by atoms with E-state index in [1.165, 1.54) is 43.2 Å². The molecule has 1 aliphatic carbocycles. The molecule has 5 nitrogen and oxygen atoms in total. The molecule has 5 heteroatoms. The molecule has 1 fully saturated rings. The van der Waals surface area contributed by atoms with Crippen LogP contribution in [0.25, 0.3) is 0 Å². The molecule has 3 rings (SSSR count). The van der Waals surface area contributed by atoms with Gasteiger partial charge in [-0.3, -0.25) is 0 Å². The summed E-state index contributed by atoms with van der Waals surface area (Å²) in [5.41, 5.74) is 3.54. The van der Waals surface area contributed by atoms with Crippen LogP contribution in [-0.2, 0) is 0 Å². The van der Waals surface area contributed by atoms with Crippen LogP contribution in [0.3, 0.4) is 0 Å². The van der Waals surface area contributed by atoms with Crippen LogP contribution in [0.15, 0.2) is 24.4 Å². The number of nitrogens with zero attached hydrogens (tertiary/aromatic N) is 3. The van der Waals surface area contributed by atoms with E-state index in [1.807, 2.05) is 6.07 Å². The van der Waals surface area contributed by atoms with Crippen LogP contribution in [0.1, 0.15) is 43.2 Å². The first-order chi connectivity index (χ1) is 10.7. The van der Waals surface area contributed by atoms with Gasteiger partial charge in [-0.25, -0.2) is 0 Å². The van der Waals surface area contributed by atoms with Crippen molar-refractivity contribution in [1.82, 2.24) is 15.2 Å². The first kappa shape index (κ1) is 14.8. The fourth-order valence-corrected chi connectivity index (χ4v) is 2.88. The minimum atomic E-state index is 0.478. The van der Waals surface area contributed by atoms with E-state index >= 15 is 0 Å². The Balaban J connectivity index is 1.72. The van der Waals surface area contributed by atoms with Crippen LogP contribution in [0, 0.1) is 13.8 Å².